The second-order valence-electron chi connectivity index (χ2n) is 3.70. The summed E-state index contributed by atoms with van der Waals surface area (Å²) in [6, 6.07) is 4.69. The molecule has 80 valence electrons. The van der Waals surface area contributed by atoms with Crippen LogP contribution < -0.4 is 5.73 Å². The van der Waals surface area contributed by atoms with Crippen molar-refractivity contribution < 1.29 is 0 Å². The Morgan fingerprint density at radius 2 is 2.14 bits per heavy atom. The van der Waals surface area contributed by atoms with Gasteiger partial charge >= 0.3 is 0 Å². The lowest BCUT2D eigenvalue weighted by Gasteiger charge is -2.28. The molecule has 2 nitrogen and oxygen atoms in total. The maximum atomic E-state index is 5.77. The van der Waals surface area contributed by atoms with E-state index in [0.717, 1.165) is 0 Å². The van der Waals surface area contributed by atoms with Gasteiger partial charge in [-0.2, -0.15) is 0 Å². The van der Waals surface area contributed by atoms with Crippen LogP contribution in [0.25, 0.3) is 0 Å². The summed E-state index contributed by atoms with van der Waals surface area (Å²) in [7, 11) is 4.16. The van der Waals surface area contributed by atoms with Crippen molar-refractivity contribution in [3.05, 3.63) is 20.8 Å². The molecular weight excluding hydrogens is 260 g/mol. The van der Waals surface area contributed by atoms with Gasteiger partial charge in [-0.15, -0.1) is 11.3 Å². The molecule has 1 aromatic heterocycles. The van der Waals surface area contributed by atoms with Gasteiger partial charge < -0.3 is 10.6 Å². The molecule has 0 aliphatic rings. The van der Waals surface area contributed by atoms with E-state index in [2.05, 4.69) is 54.0 Å². The van der Waals surface area contributed by atoms with E-state index in [4.69, 9.17) is 5.73 Å². The Labute approximate surface area is 98.2 Å². The van der Waals surface area contributed by atoms with Gasteiger partial charge in [-0.05, 0) is 42.2 Å². The van der Waals surface area contributed by atoms with E-state index in [1.54, 1.807) is 11.3 Å². The molecule has 1 aromatic rings. The summed E-state index contributed by atoms with van der Waals surface area (Å²) >= 11 is 5.27. The third-order valence-corrected chi connectivity index (χ3v) is 4.35. The Balaban J connectivity index is 2.77. The lowest BCUT2D eigenvalue weighted by Crippen LogP contribution is -2.38. The molecule has 2 N–H and O–H groups in total. The minimum atomic E-state index is 0.417. The number of hydrogen-bond acceptors (Lipinski definition) is 3. The number of hydrogen-bond donors (Lipinski definition) is 1. The first-order valence-electron chi connectivity index (χ1n) is 4.68. The van der Waals surface area contributed by atoms with Crippen molar-refractivity contribution in [2.24, 2.45) is 5.73 Å². The standard InChI is InChI=1S/C10H17BrN2S/c1-7(8(6-12)13(2)3)9-4-5-10(11)14-9/h4-5,7-8H,6,12H2,1-3H3. The topological polar surface area (TPSA) is 29.3 Å². The number of halogens is 1. The summed E-state index contributed by atoms with van der Waals surface area (Å²) in [5.74, 6) is 0.492. The Kier molecular flexibility index (Phi) is 4.57. The number of rotatable bonds is 4. The van der Waals surface area contributed by atoms with E-state index >= 15 is 0 Å². The van der Waals surface area contributed by atoms with Crippen LogP contribution in [0.3, 0.4) is 0 Å². The molecule has 0 saturated heterocycles. The van der Waals surface area contributed by atoms with Crippen LogP contribution in [0.4, 0.5) is 0 Å². The lowest BCUT2D eigenvalue weighted by atomic mass is 9.99. The molecule has 0 aromatic carbocycles. The zero-order valence-electron chi connectivity index (χ0n) is 8.83. The van der Waals surface area contributed by atoms with Crippen molar-refractivity contribution in [2.45, 2.75) is 18.9 Å². The highest BCUT2D eigenvalue weighted by atomic mass is 79.9. The summed E-state index contributed by atoms with van der Waals surface area (Å²) < 4.78 is 1.19. The first-order valence-corrected chi connectivity index (χ1v) is 6.29. The highest BCUT2D eigenvalue weighted by Gasteiger charge is 2.20. The first kappa shape index (κ1) is 12.2. The van der Waals surface area contributed by atoms with E-state index in [0.29, 0.717) is 18.5 Å². The summed E-state index contributed by atoms with van der Waals surface area (Å²) in [5.41, 5.74) is 5.77. The SMILES string of the molecule is CC(c1ccc(Br)s1)C(CN)N(C)C. The lowest BCUT2D eigenvalue weighted by molar-refractivity contribution is 0.268. The normalized spacial score (nSPS) is 15.9. The third-order valence-electron chi connectivity index (χ3n) is 2.52. The molecule has 1 rings (SSSR count). The van der Waals surface area contributed by atoms with Crippen LogP contribution in [0, 0.1) is 0 Å². The molecule has 0 aliphatic heterocycles. The van der Waals surface area contributed by atoms with E-state index in [1.807, 2.05) is 0 Å². The van der Waals surface area contributed by atoms with Gasteiger partial charge in [0.2, 0.25) is 0 Å². The number of nitrogens with zero attached hydrogens (tertiary/aromatic N) is 1. The molecule has 0 fully saturated rings. The van der Waals surface area contributed by atoms with Crippen LogP contribution in [0.2, 0.25) is 0 Å². The second-order valence-corrected chi connectivity index (χ2v) is 6.19. The van der Waals surface area contributed by atoms with Crippen molar-refractivity contribution in [3.8, 4) is 0 Å². The van der Waals surface area contributed by atoms with Gasteiger partial charge in [0.25, 0.3) is 0 Å². The summed E-state index contributed by atoms with van der Waals surface area (Å²) in [6.45, 7) is 2.93. The van der Waals surface area contributed by atoms with Crippen molar-refractivity contribution in [1.82, 2.24) is 4.90 Å². The molecule has 0 saturated carbocycles. The monoisotopic (exact) mass is 276 g/mol. The van der Waals surface area contributed by atoms with Gasteiger partial charge in [-0.1, -0.05) is 6.92 Å². The zero-order chi connectivity index (χ0) is 10.7. The Bertz CT molecular complexity index is 285. The van der Waals surface area contributed by atoms with Gasteiger partial charge in [0.15, 0.2) is 0 Å². The second kappa shape index (κ2) is 5.26. The molecule has 0 spiro atoms. The predicted molar refractivity (Wildman–Crippen MR) is 67.0 cm³/mol. The fourth-order valence-electron chi connectivity index (χ4n) is 1.62. The fourth-order valence-corrected chi connectivity index (χ4v) is 3.16. The van der Waals surface area contributed by atoms with E-state index in [9.17, 15) is 0 Å². The van der Waals surface area contributed by atoms with E-state index in [-0.39, 0.29) is 0 Å². The Morgan fingerprint density at radius 3 is 2.50 bits per heavy atom. The molecule has 2 atom stereocenters. The first-order chi connectivity index (χ1) is 6.56. The van der Waals surface area contributed by atoms with Crippen molar-refractivity contribution in [2.75, 3.05) is 20.6 Å². The summed E-state index contributed by atoms with van der Waals surface area (Å²) in [6.07, 6.45) is 0. The van der Waals surface area contributed by atoms with Crippen LogP contribution in [-0.4, -0.2) is 31.6 Å². The minimum Gasteiger partial charge on any atom is -0.329 e. The van der Waals surface area contributed by atoms with Crippen molar-refractivity contribution in [3.63, 3.8) is 0 Å². The minimum absolute atomic E-state index is 0.417. The largest absolute Gasteiger partial charge is 0.329 e. The smallest absolute Gasteiger partial charge is 0.0701 e. The maximum Gasteiger partial charge on any atom is 0.0701 e. The average molecular weight is 277 g/mol. The Hall–Kier alpha value is 0.1000. The van der Waals surface area contributed by atoms with Crippen LogP contribution >= 0.6 is 27.3 Å². The summed E-state index contributed by atoms with van der Waals surface area (Å²) in [4.78, 5) is 3.58. The molecule has 14 heavy (non-hydrogen) atoms. The van der Waals surface area contributed by atoms with Gasteiger partial charge in [0.05, 0.1) is 3.79 Å². The molecular formula is C10H17BrN2S. The van der Waals surface area contributed by atoms with Crippen LogP contribution in [0.5, 0.6) is 0 Å². The predicted octanol–water partition coefficient (Wildman–Crippen LogP) is 2.50. The van der Waals surface area contributed by atoms with Crippen molar-refractivity contribution in [1.29, 1.82) is 0 Å². The molecule has 2 unspecified atom stereocenters. The van der Waals surface area contributed by atoms with E-state index < -0.39 is 0 Å². The summed E-state index contributed by atoms with van der Waals surface area (Å²) in [5, 5.41) is 0. The molecule has 0 aliphatic carbocycles. The average Bonchev–Trinajstić information content (AvgIpc) is 2.52. The highest BCUT2D eigenvalue weighted by molar-refractivity contribution is 9.11. The molecule has 0 bridgehead atoms. The molecule has 1 heterocycles. The van der Waals surface area contributed by atoms with Crippen LogP contribution in [-0.2, 0) is 0 Å². The van der Waals surface area contributed by atoms with E-state index in [1.165, 1.54) is 8.66 Å². The quantitative estimate of drug-likeness (QED) is 0.916. The number of nitrogens with two attached hydrogens (primary N) is 1. The molecule has 4 heteroatoms. The number of thiophene rings is 1. The third kappa shape index (κ3) is 2.79. The van der Waals surface area contributed by atoms with Crippen LogP contribution in [0.1, 0.15) is 17.7 Å². The number of likely N-dealkylation sites (N-methyl/N-ethyl adjacent to an activating group) is 1. The Morgan fingerprint density at radius 1 is 1.50 bits per heavy atom. The maximum absolute atomic E-state index is 5.77. The molecule has 0 amide bonds. The van der Waals surface area contributed by atoms with Gasteiger partial charge in [0, 0.05) is 23.4 Å². The van der Waals surface area contributed by atoms with Gasteiger partial charge in [-0.25, -0.2) is 0 Å². The van der Waals surface area contributed by atoms with Crippen molar-refractivity contribution >= 4 is 27.3 Å². The molecule has 0 radical (unpaired) electrons. The van der Waals surface area contributed by atoms with Gasteiger partial charge in [0.1, 0.15) is 0 Å². The zero-order valence-corrected chi connectivity index (χ0v) is 11.2. The van der Waals surface area contributed by atoms with Crippen LogP contribution in [0.15, 0.2) is 15.9 Å². The highest BCUT2D eigenvalue weighted by Crippen LogP contribution is 2.31. The fraction of sp³-hybridized carbons (Fsp3) is 0.600. The van der Waals surface area contributed by atoms with Gasteiger partial charge in [-0.3, -0.25) is 0 Å².